The molecule has 0 atom stereocenters. The molecule has 0 unspecified atom stereocenters. The highest BCUT2D eigenvalue weighted by Gasteiger charge is 2.24. The number of para-hydroxylation sites is 2. The van der Waals surface area contributed by atoms with Crippen LogP contribution in [0.25, 0.3) is 22.2 Å². The summed E-state index contributed by atoms with van der Waals surface area (Å²) < 4.78 is 1.91. The van der Waals surface area contributed by atoms with E-state index in [2.05, 4.69) is 12.2 Å². The number of nitrogens with one attached hydrogen (secondary N) is 1. The number of aromatic nitrogens is 3. The average molecular weight is 387 g/mol. The fourth-order valence-electron chi connectivity index (χ4n) is 3.50. The minimum Gasteiger partial charge on any atom is -0.384 e. The van der Waals surface area contributed by atoms with Crippen molar-refractivity contribution in [2.75, 3.05) is 11.1 Å². The number of unbranched alkanes of at least 4 members (excludes halogenated alkanes) is 1. The normalized spacial score (nSPS) is 11.3. The molecule has 6 heteroatoms. The number of rotatable bonds is 5. The Bertz CT molecular complexity index is 1230. The highest BCUT2D eigenvalue weighted by Crippen LogP contribution is 2.29. The molecule has 0 bridgehead atoms. The molecule has 2 aromatic carbocycles. The van der Waals surface area contributed by atoms with Gasteiger partial charge in [0.25, 0.3) is 5.91 Å². The van der Waals surface area contributed by atoms with Gasteiger partial charge in [0.05, 0.1) is 11.0 Å². The number of nitrogens with zero attached hydrogens (tertiary/aromatic N) is 3. The average Bonchev–Trinajstić information content (AvgIpc) is 2.97. The summed E-state index contributed by atoms with van der Waals surface area (Å²) in [6.45, 7) is 6.88. The number of nitrogens with two attached hydrogens (primary N) is 1. The number of hydrogen-bond donors (Lipinski definition) is 2. The second-order valence-corrected chi connectivity index (χ2v) is 7.40. The fraction of sp³-hybridized carbons (Fsp3) is 0.261. The number of aryl methyl sites for hydroxylation is 3. The molecule has 0 spiro atoms. The number of hydrogen-bond acceptors (Lipinski definition) is 4. The van der Waals surface area contributed by atoms with Crippen molar-refractivity contribution in [3.63, 3.8) is 0 Å². The molecule has 0 aliphatic rings. The minimum absolute atomic E-state index is 0.268. The SMILES string of the molecule is CCCCn1c(N)c(C(=O)Nc2ccc(C)c(C)c2)c2nc3ccccc3nc21. The molecular formula is C23H25N5O. The molecule has 2 heterocycles. The number of carbonyl (C=O) groups excluding carboxylic acids is 1. The maximum Gasteiger partial charge on any atom is 0.261 e. The van der Waals surface area contributed by atoms with Crippen molar-refractivity contribution in [2.45, 2.75) is 40.2 Å². The van der Waals surface area contributed by atoms with Crippen LogP contribution < -0.4 is 11.1 Å². The van der Waals surface area contributed by atoms with Gasteiger partial charge in [0, 0.05) is 12.2 Å². The van der Waals surface area contributed by atoms with Crippen molar-refractivity contribution < 1.29 is 4.79 Å². The zero-order valence-electron chi connectivity index (χ0n) is 17.0. The number of carbonyl (C=O) groups is 1. The van der Waals surface area contributed by atoms with Crippen LogP contribution in [-0.4, -0.2) is 20.4 Å². The van der Waals surface area contributed by atoms with Crippen LogP contribution in [-0.2, 0) is 6.54 Å². The van der Waals surface area contributed by atoms with Crippen molar-refractivity contribution in [2.24, 2.45) is 0 Å². The lowest BCUT2D eigenvalue weighted by atomic mass is 10.1. The molecule has 0 aliphatic carbocycles. The van der Waals surface area contributed by atoms with Crippen LogP contribution in [0.1, 0.15) is 41.3 Å². The molecule has 2 aromatic heterocycles. The second kappa shape index (κ2) is 7.54. The number of nitrogen functional groups attached to an aromatic ring is 1. The Labute approximate surface area is 169 Å². The number of anilines is 2. The van der Waals surface area contributed by atoms with Gasteiger partial charge in [-0.05, 0) is 55.7 Å². The van der Waals surface area contributed by atoms with Crippen molar-refractivity contribution in [3.05, 3.63) is 59.2 Å². The molecule has 1 amide bonds. The summed E-state index contributed by atoms with van der Waals surface area (Å²) in [5.74, 6) is 0.140. The lowest BCUT2D eigenvalue weighted by molar-refractivity contribution is 0.102. The van der Waals surface area contributed by atoms with Gasteiger partial charge >= 0.3 is 0 Å². The van der Waals surface area contributed by atoms with E-state index >= 15 is 0 Å². The van der Waals surface area contributed by atoms with Gasteiger partial charge in [0.2, 0.25) is 0 Å². The predicted molar refractivity (Wildman–Crippen MR) is 118 cm³/mol. The lowest BCUT2D eigenvalue weighted by Gasteiger charge is -2.09. The third-order valence-electron chi connectivity index (χ3n) is 5.32. The van der Waals surface area contributed by atoms with Crippen LogP contribution in [0.3, 0.4) is 0 Å². The van der Waals surface area contributed by atoms with E-state index in [0.29, 0.717) is 29.1 Å². The van der Waals surface area contributed by atoms with Crippen LogP contribution in [0.2, 0.25) is 0 Å². The van der Waals surface area contributed by atoms with E-state index in [9.17, 15) is 4.79 Å². The maximum atomic E-state index is 13.2. The standard InChI is InChI=1S/C23H25N5O/c1-4-5-12-28-21(24)19(23(29)25-16-11-10-14(2)15(3)13-16)20-22(28)27-18-9-7-6-8-17(18)26-20/h6-11,13H,4-5,12,24H2,1-3H3,(H,25,29). The largest absolute Gasteiger partial charge is 0.384 e. The minimum atomic E-state index is -0.268. The quantitative estimate of drug-likeness (QED) is 0.513. The van der Waals surface area contributed by atoms with Crippen LogP contribution in [0.4, 0.5) is 11.5 Å². The van der Waals surface area contributed by atoms with Gasteiger partial charge in [-0.25, -0.2) is 9.97 Å². The predicted octanol–water partition coefficient (Wildman–Crippen LogP) is 4.84. The highest BCUT2D eigenvalue weighted by atomic mass is 16.1. The Hall–Kier alpha value is -3.41. The van der Waals surface area contributed by atoms with Crippen molar-refractivity contribution in [1.29, 1.82) is 0 Å². The van der Waals surface area contributed by atoms with Gasteiger partial charge in [-0.3, -0.25) is 4.79 Å². The summed E-state index contributed by atoms with van der Waals surface area (Å²) in [6.07, 6.45) is 1.96. The summed E-state index contributed by atoms with van der Waals surface area (Å²) in [5, 5.41) is 2.98. The van der Waals surface area contributed by atoms with Crippen LogP contribution in [0, 0.1) is 13.8 Å². The van der Waals surface area contributed by atoms with Gasteiger partial charge < -0.3 is 15.6 Å². The van der Waals surface area contributed by atoms with Gasteiger partial charge in [-0.2, -0.15) is 0 Å². The summed E-state index contributed by atoms with van der Waals surface area (Å²) in [6, 6.07) is 13.5. The van der Waals surface area contributed by atoms with Crippen molar-refractivity contribution >= 4 is 39.6 Å². The lowest BCUT2D eigenvalue weighted by Crippen LogP contribution is -2.15. The van der Waals surface area contributed by atoms with E-state index in [1.165, 1.54) is 5.56 Å². The van der Waals surface area contributed by atoms with E-state index < -0.39 is 0 Å². The monoisotopic (exact) mass is 387 g/mol. The third-order valence-corrected chi connectivity index (χ3v) is 5.32. The van der Waals surface area contributed by atoms with E-state index in [1.807, 2.05) is 60.9 Å². The van der Waals surface area contributed by atoms with E-state index in [4.69, 9.17) is 15.7 Å². The molecule has 0 saturated heterocycles. The van der Waals surface area contributed by atoms with Crippen molar-refractivity contribution in [3.8, 4) is 0 Å². The number of amides is 1. The number of benzene rings is 2. The zero-order chi connectivity index (χ0) is 20.5. The molecule has 0 fully saturated rings. The Balaban J connectivity index is 1.85. The van der Waals surface area contributed by atoms with E-state index in [1.54, 1.807) is 0 Å². The molecule has 29 heavy (non-hydrogen) atoms. The second-order valence-electron chi connectivity index (χ2n) is 7.40. The Kier molecular flexibility index (Phi) is 4.92. The molecular weight excluding hydrogens is 362 g/mol. The molecule has 0 saturated carbocycles. The molecule has 3 N–H and O–H groups in total. The maximum absolute atomic E-state index is 13.2. The zero-order valence-corrected chi connectivity index (χ0v) is 17.0. The molecule has 0 aliphatic heterocycles. The summed E-state index contributed by atoms with van der Waals surface area (Å²) in [4.78, 5) is 22.7. The summed E-state index contributed by atoms with van der Waals surface area (Å²) in [7, 11) is 0. The molecule has 4 aromatic rings. The third kappa shape index (κ3) is 3.42. The Morgan fingerprint density at radius 2 is 1.79 bits per heavy atom. The topological polar surface area (TPSA) is 85.8 Å². The van der Waals surface area contributed by atoms with Crippen LogP contribution in [0.5, 0.6) is 0 Å². The first-order chi connectivity index (χ1) is 14.0. The number of fused-ring (bicyclic) bond motifs is 2. The first-order valence-corrected chi connectivity index (χ1v) is 9.92. The Morgan fingerprint density at radius 3 is 2.48 bits per heavy atom. The van der Waals surface area contributed by atoms with E-state index in [-0.39, 0.29) is 5.91 Å². The molecule has 0 radical (unpaired) electrons. The van der Waals surface area contributed by atoms with E-state index in [0.717, 1.165) is 35.1 Å². The molecule has 148 valence electrons. The highest BCUT2D eigenvalue weighted by molar-refractivity contribution is 6.16. The first-order valence-electron chi connectivity index (χ1n) is 9.92. The Morgan fingerprint density at radius 1 is 1.07 bits per heavy atom. The van der Waals surface area contributed by atoms with Gasteiger partial charge in [0.15, 0.2) is 5.65 Å². The summed E-state index contributed by atoms with van der Waals surface area (Å²) in [5.41, 5.74) is 12.6. The summed E-state index contributed by atoms with van der Waals surface area (Å²) >= 11 is 0. The smallest absolute Gasteiger partial charge is 0.261 e. The fourth-order valence-corrected chi connectivity index (χ4v) is 3.50. The van der Waals surface area contributed by atoms with Crippen molar-refractivity contribution in [1.82, 2.24) is 14.5 Å². The molecule has 6 nitrogen and oxygen atoms in total. The van der Waals surface area contributed by atoms with Gasteiger partial charge in [0.1, 0.15) is 16.9 Å². The van der Waals surface area contributed by atoms with Gasteiger partial charge in [-0.1, -0.05) is 31.5 Å². The van der Waals surface area contributed by atoms with Crippen LogP contribution >= 0.6 is 0 Å². The van der Waals surface area contributed by atoms with Gasteiger partial charge in [-0.15, -0.1) is 0 Å². The molecule has 4 rings (SSSR count). The first kappa shape index (κ1) is 18.9. The van der Waals surface area contributed by atoms with Crippen LogP contribution in [0.15, 0.2) is 42.5 Å².